The van der Waals surface area contributed by atoms with Crippen LogP contribution >= 0.6 is 0 Å². The molecule has 0 aromatic carbocycles. The number of carbonyl (C=O) groups is 1. The van der Waals surface area contributed by atoms with Crippen molar-refractivity contribution in [3.8, 4) is 0 Å². The fourth-order valence-electron chi connectivity index (χ4n) is 3.22. The van der Waals surface area contributed by atoms with Crippen molar-refractivity contribution in [1.29, 1.82) is 0 Å². The number of aryl methyl sites for hydroxylation is 1. The van der Waals surface area contributed by atoms with Crippen LogP contribution in [0.3, 0.4) is 0 Å². The topological polar surface area (TPSA) is 81.2 Å². The molecule has 26 heavy (non-hydrogen) atoms. The molecule has 0 atom stereocenters. The van der Waals surface area contributed by atoms with Crippen molar-refractivity contribution >= 4 is 5.91 Å². The van der Waals surface area contributed by atoms with Gasteiger partial charge in [-0.2, -0.15) is 5.10 Å². The van der Waals surface area contributed by atoms with Crippen molar-refractivity contribution in [3.63, 3.8) is 0 Å². The molecule has 0 N–H and O–H groups in total. The monoisotopic (exact) mass is 358 g/mol. The van der Waals surface area contributed by atoms with Crippen molar-refractivity contribution in [1.82, 2.24) is 19.8 Å². The van der Waals surface area contributed by atoms with E-state index in [1.807, 2.05) is 4.90 Å². The lowest BCUT2D eigenvalue weighted by Gasteiger charge is -2.32. The summed E-state index contributed by atoms with van der Waals surface area (Å²) in [6.45, 7) is 9.93. The second-order valence-corrected chi connectivity index (χ2v) is 8.02. The number of carbonyl (C=O) groups excluding carboxylic acids is 1. The van der Waals surface area contributed by atoms with Crippen LogP contribution in [0, 0.1) is 12.8 Å². The molecular formula is C19H26N4O3. The molecule has 3 rings (SSSR count). The molecule has 1 fully saturated rings. The highest BCUT2D eigenvalue weighted by Crippen LogP contribution is 2.22. The minimum atomic E-state index is -0.0955. The lowest BCUT2D eigenvalue weighted by molar-refractivity contribution is 0.0678. The van der Waals surface area contributed by atoms with Gasteiger partial charge in [-0.15, -0.1) is 0 Å². The summed E-state index contributed by atoms with van der Waals surface area (Å²) in [6, 6.07) is 3.41. The van der Waals surface area contributed by atoms with Crippen molar-refractivity contribution in [2.45, 2.75) is 52.5 Å². The minimum Gasteiger partial charge on any atom is -0.361 e. The molecule has 1 saturated heterocycles. The van der Waals surface area contributed by atoms with Gasteiger partial charge in [0.15, 0.2) is 0 Å². The van der Waals surface area contributed by atoms with Crippen molar-refractivity contribution in [2.24, 2.45) is 5.92 Å². The molecule has 7 heteroatoms. The lowest BCUT2D eigenvalue weighted by Crippen LogP contribution is -2.40. The molecule has 0 unspecified atom stereocenters. The van der Waals surface area contributed by atoms with Crippen molar-refractivity contribution < 1.29 is 9.32 Å². The van der Waals surface area contributed by atoms with Gasteiger partial charge in [0.05, 0.1) is 11.9 Å². The first-order valence-corrected chi connectivity index (χ1v) is 9.05. The van der Waals surface area contributed by atoms with E-state index >= 15 is 0 Å². The third-order valence-electron chi connectivity index (χ3n) is 4.95. The summed E-state index contributed by atoms with van der Waals surface area (Å²) < 4.78 is 6.56. The zero-order chi connectivity index (χ0) is 18.9. The third kappa shape index (κ3) is 3.86. The number of aromatic nitrogens is 3. The average Bonchev–Trinajstić information content (AvgIpc) is 3.02. The normalized spacial score (nSPS) is 16.1. The molecule has 0 aliphatic carbocycles. The Morgan fingerprint density at radius 3 is 2.54 bits per heavy atom. The lowest BCUT2D eigenvalue weighted by atomic mass is 9.92. The Morgan fingerprint density at radius 2 is 1.96 bits per heavy atom. The zero-order valence-corrected chi connectivity index (χ0v) is 15.9. The first-order valence-electron chi connectivity index (χ1n) is 9.05. The van der Waals surface area contributed by atoms with E-state index in [1.54, 1.807) is 23.7 Å². The van der Waals surface area contributed by atoms with E-state index < -0.39 is 0 Å². The van der Waals surface area contributed by atoms with Gasteiger partial charge in [0.25, 0.3) is 11.5 Å². The Kier molecular flexibility index (Phi) is 4.98. The number of amides is 1. The summed E-state index contributed by atoms with van der Waals surface area (Å²) in [5, 5.41) is 8.22. The fraction of sp³-hybridized carbons (Fsp3) is 0.579. The molecule has 140 valence electrons. The van der Waals surface area contributed by atoms with E-state index in [9.17, 15) is 9.59 Å². The quantitative estimate of drug-likeness (QED) is 0.841. The van der Waals surface area contributed by atoms with Gasteiger partial charge in [-0.25, -0.2) is 4.68 Å². The van der Waals surface area contributed by atoms with Gasteiger partial charge in [-0.05, 0) is 31.7 Å². The standard InChI is InChI=1S/C19H26N4O3/c1-13-15(11-20-26-13)18(25)22-9-7-14(8-10-22)12-23-17(24)6-5-16(21-23)19(2,3)4/h5-6,11,14H,7-10,12H2,1-4H3. The maximum absolute atomic E-state index is 12.5. The van der Waals surface area contributed by atoms with Crippen LogP contribution < -0.4 is 5.56 Å². The van der Waals surface area contributed by atoms with Gasteiger partial charge in [-0.1, -0.05) is 25.9 Å². The Balaban J connectivity index is 1.64. The molecule has 1 aliphatic heterocycles. The zero-order valence-electron chi connectivity index (χ0n) is 15.9. The van der Waals surface area contributed by atoms with Gasteiger partial charge in [0.2, 0.25) is 0 Å². The molecule has 0 radical (unpaired) electrons. The first-order chi connectivity index (χ1) is 12.3. The van der Waals surface area contributed by atoms with E-state index in [0.29, 0.717) is 36.9 Å². The molecule has 2 aromatic heterocycles. The number of likely N-dealkylation sites (tertiary alicyclic amines) is 1. The second kappa shape index (κ2) is 7.05. The highest BCUT2D eigenvalue weighted by Gasteiger charge is 2.26. The number of nitrogens with zero attached hydrogens (tertiary/aromatic N) is 4. The molecule has 1 amide bonds. The number of piperidine rings is 1. The van der Waals surface area contributed by atoms with Crippen LogP contribution in [-0.2, 0) is 12.0 Å². The maximum Gasteiger partial charge on any atom is 0.266 e. The van der Waals surface area contributed by atoms with Crippen molar-refractivity contribution in [2.75, 3.05) is 13.1 Å². The number of rotatable bonds is 3. The van der Waals surface area contributed by atoms with Crippen LogP contribution in [0.2, 0.25) is 0 Å². The van der Waals surface area contributed by atoms with Gasteiger partial charge < -0.3 is 9.42 Å². The number of hydrogen-bond donors (Lipinski definition) is 0. The molecule has 0 saturated carbocycles. The van der Waals surface area contributed by atoms with E-state index in [4.69, 9.17) is 4.52 Å². The summed E-state index contributed by atoms with van der Waals surface area (Å²) >= 11 is 0. The van der Waals surface area contributed by atoms with Crippen LogP contribution in [0.15, 0.2) is 27.6 Å². The molecule has 0 bridgehead atoms. The molecule has 0 spiro atoms. The average molecular weight is 358 g/mol. The molecule has 3 heterocycles. The maximum atomic E-state index is 12.5. The molecule has 2 aromatic rings. The van der Waals surface area contributed by atoms with Crippen LogP contribution in [0.5, 0.6) is 0 Å². The van der Waals surface area contributed by atoms with E-state index in [0.717, 1.165) is 18.5 Å². The van der Waals surface area contributed by atoms with E-state index in [1.165, 1.54) is 6.20 Å². The summed E-state index contributed by atoms with van der Waals surface area (Å²) in [4.78, 5) is 26.5. The largest absolute Gasteiger partial charge is 0.361 e. The predicted octanol–water partition coefficient (Wildman–Crippen LogP) is 2.39. The Bertz CT molecular complexity index is 839. The van der Waals surface area contributed by atoms with Gasteiger partial charge in [0.1, 0.15) is 11.3 Å². The highest BCUT2D eigenvalue weighted by molar-refractivity contribution is 5.94. The third-order valence-corrected chi connectivity index (χ3v) is 4.95. The van der Waals surface area contributed by atoms with Gasteiger partial charge in [0, 0.05) is 31.1 Å². The van der Waals surface area contributed by atoms with Crippen LogP contribution in [0.1, 0.15) is 55.4 Å². The Morgan fingerprint density at radius 1 is 1.27 bits per heavy atom. The highest BCUT2D eigenvalue weighted by atomic mass is 16.5. The molecule has 7 nitrogen and oxygen atoms in total. The summed E-state index contributed by atoms with van der Waals surface area (Å²) in [6.07, 6.45) is 3.18. The van der Waals surface area contributed by atoms with E-state index in [2.05, 4.69) is 31.0 Å². The van der Waals surface area contributed by atoms with E-state index in [-0.39, 0.29) is 16.9 Å². The van der Waals surface area contributed by atoms with Crippen LogP contribution in [0.4, 0.5) is 0 Å². The Labute approximate surface area is 153 Å². The smallest absolute Gasteiger partial charge is 0.266 e. The predicted molar refractivity (Wildman–Crippen MR) is 97.1 cm³/mol. The first kappa shape index (κ1) is 18.4. The van der Waals surface area contributed by atoms with Gasteiger partial charge >= 0.3 is 0 Å². The Hall–Kier alpha value is -2.44. The summed E-state index contributed by atoms with van der Waals surface area (Å²) in [5.41, 5.74) is 1.27. The summed E-state index contributed by atoms with van der Waals surface area (Å²) in [7, 11) is 0. The molecular weight excluding hydrogens is 332 g/mol. The SMILES string of the molecule is Cc1oncc1C(=O)N1CCC(Cn2nc(C(C)(C)C)ccc2=O)CC1. The van der Waals surface area contributed by atoms with Crippen LogP contribution in [0.25, 0.3) is 0 Å². The minimum absolute atomic E-state index is 0.0350. The van der Waals surface area contributed by atoms with Crippen molar-refractivity contribution in [3.05, 3.63) is 45.7 Å². The number of hydrogen-bond acceptors (Lipinski definition) is 5. The summed E-state index contributed by atoms with van der Waals surface area (Å²) in [5.74, 6) is 0.849. The second-order valence-electron chi connectivity index (χ2n) is 8.02. The fourth-order valence-corrected chi connectivity index (χ4v) is 3.22. The van der Waals surface area contributed by atoms with Crippen LogP contribution in [-0.4, -0.2) is 38.8 Å². The van der Waals surface area contributed by atoms with Gasteiger partial charge in [-0.3, -0.25) is 9.59 Å². The molecule has 1 aliphatic rings.